The minimum absolute atomic E-state index is 0.0510. The van der Waals surface area contributed by atoms with Crippen molar-refractivity contribution in [1.29, 1.82) is 0 Å². The molecule has 0 unspecified atom stereocenters. The predicted octanol–water partition coefficient (Wildman–Crippen LogP) is 3.24. The van der Waals surface area contributed by atoms with Crippen LogP contribution < -0.4 is 4.74 Å². The summed E-state index contributed by atoms with van der Waals surface area (Å²) in [5, 5.41) is 0. The maximum Gasteiger partial charge on any atom is 0.387 e. The monoisotopic (exact) mass is 244 g/mol. The maximum absolute atomic E-state index is 12.0. The fourth-order valence-electron chi connectivity index (χ4n) is 1.19. The summed E-state index contributed by atoms with van der Waals surface area (Å²) in [5.74, 6) is -0.580. The molecule has 94 valence electrons. The van der Waals surface area contributed by atoms with Crippen LogP contribution in [0.2, 0.25) is 0 Å². The summed E-state index contributed by atoms with van der Waals surface area (Å²) in [6, 6.07) is 5.55. The van der Waals surface area contributed by atoms with Crippen molar-refractivity contribution >= 4 is 5.97 Å². The minimum Gasteiger partial charge on any atom is -0.462 e. The predicted molar refractivity (Wildman–Crippen MR) is 58.3 cm³/mol. The van der Waals surface area contributed by atoms with Gasteiger partial charge in [0.2, 0.25) is 0 Å². The van der Waals surface area contributed by atoms with E-state index in [0.29, 0.717) is 6.61 Å². The van der Waals surface area contributed by atoms with E-state index in [2.05, 4.69) is 4.74 Å². The summed E-state index contributed by atoms with van der Waals surface area (Å²) in [6.45, 7) is -0.596. The van der Waals surface area contributed by atoms with Crippen LogP contribution in [-0.2, 0) is 4.74 Å². The zero-order valence-electron chi connectivity index (χ0n) is 9.49. The second-order valence-electron chi connectivity index (χ2n) is 3.40. The Hall–Kier alpha value is -1.65. The number of ether oxygens (including phenoxy) is 2. The summed E-state index contributed by atoms with van der Waals surface area (Å²) in [5.41, 5.74) is 0.208. The van der Waals surface area contributed by atoms with E-state index in [1.54, 1.807) is 0 Å². The van der Waals surface area contributed by atoms with Crippen LogP contribution in [0, 0.1) is 0 Å². The third-order valence-electron chi connectivity index (χ3n) is 2.03. The Morgan fingerprint density at radius 2 is 2.18 bits per heavy atom. The fourth-order valence-corrected chi connectivity index (χ4v) is 1.19. The molecule has 0 amide bonds. The van der Waals surface area contributed by atoms with E-state index < -0.39 is 12.6 Å². The van der Waals surface area contributed by atoms with Crippen molar-refractivity contribution in [2.75, 3.05) is 6.61 Å². The zero-order valence-corrected chi connectivity index (χ0v) is 9.49. The van der Waals surface area contributed by atoms with E-state index in [-0.39, 0.29) is 11.3 Å². The van der Waals surface area contributed by atoms with Crippen LogP contribution in [0.5, 0.6) is 5.75 Å². The average molecular weight is 244 g/mol. The van der Waals surface area contributed by atoms with Crippen molar-refractivity contribution in [3.63, 3.8) is 0 Å². The molecule has 1 aromatic rings. The van der Waals surface area contributed by atoms with Crippen molar-refractivity contribution < 1.29 is 23.0 Å². The lowest BCUT2D eigenvalue weighted by Gasteiger charge is -2.07. The highest BCUT2D eigenvalue weighted by atomic mass is 19.3. The third-order valence-corrected chi connectivity index (χ3v) is 2.03. The van der Waals surface area contributed by atoms with E-state index in [1.807, 2.05) is 6.92 Å². The second kappa shape index (κ2) is 6.83. The molecule has 0 spiro atoms. The van der Waals surface area contributed by atoms with E-state index in [1.165, 1.54) is 24.3 Å². The molecule has 0 aliphatic heterocycles. The quantitative estimate of drug-likeness (QED) is 0.569. The normalized spacial score (nSPS) is 10.4. The Morgan fingerprint density at radius 3 is 2.82 bits per heavy atom. The number of carbonyl (C=O) groups excluding carboxylic acids is 1. The van der Waals surface area contributed by atoms with E-state index in [4.69, 9.17) is 4.74 Å². The van der Waals surface area contributed by atoms with Gasteiger partial charge in [-0.1, -0.05) is 19.4 Å². The molecule has 0 aliphatic rings. The number of benzene rings is 1. The van der Waals surface area contributed by atoms with Gasteiger partial charge in [0.25, 0.3) is 0 Å². The lowest BCUT2D eigenvalue weighted by molar-refractivity contribution is -0.0499. The smallest absolute Gasteiger partial charge is 0.387 e. The summed E-state index contributed by atoms with van der Waals surface area (Å²) in [6.07, 6.45) is 1.70. The molecule has 0 aliphatic carbocycles. The first-order chi connectivity index (χ1) is 8.13. The van der Waals surface area contributed by atoms with Gasteiger partial charge in [0.1, 0.15) is 5.75 Å². The first kappa shape index (κ1) is 13.4. The van der Waals surface area contributed by atoms with Crippen molar-refractivity contribution in [1.82, 2.24) is 0 Å². The summed E-state index contributed by atoms with van der Waals surface area (Å²) in [4.78, 5) is 11.5. The van der Waals surface area contributed by atoms with Crippen LogP contribution in [0.4, 0.5) is 8.78 Å². The van der Waals surface area contributed by atoms with Gasteiger partial charge < -0.3 is 9.47 Å². The van der Waals surface area contributed by atoms with Crippen LogP contribution in [0.3, 0.4) is 0 Å². The summed E-state index contributed by atoms with van der Waals surface area (Å²) >= 11 is 0. The first-order valence-electron chi connectivity index (χ1n) is 5.35. The van der Waals surface area contributed by atoms with E-state index >= 15 is 0 Å². The van der Waals surface area contributed by atoms with Gasteiger partial charge in [0.05, 0.1) is 12.2 Å². The van der Waals surface area contributed by atoms with Gasteiger partial charge in [0, 0.05) is 0 Å². The Labute approximate surface area is 98.3 Å². The molecule has 1 rings (SSSR count). The topological polar surface area (TPSA) is 35.5 Å². The van der Waals surface area contributed by atoms with E-state index in [9.17, 15) is 13.6 Å². The molecule has 0 radical (unpaired) electrons. The molecule has 0 saturated carbocycles. The molecule has 1 aromatic carbocycles. The van der Waals surface area contributed by atoms with Gasteiger partial charge in [-0.3, -0.25) is 0 Å². The molecule has 0 N–H and O–H groups in total. The van der Waals surface area contributed by atoms with Gasteiger partial charge in [0.15, 0.2) is 0 Å². The van der Waals surface area contributed by atoms with E-state index in [0.717, 1.165) is 12.8 Å². The Kier molecular flexibility index (Phi) is 5.39. The van der Waals surface area contributed by atoms with Crippen LogP contribution in [0.1, 0.15) is 30.1 Å². The number of rotatable bonds is 6. The Balaban J connectivity index is 2.60. The molecule has 0 bridgehead atoms. The minimum atomic E-state index is -2.90. The second-order valence-corrected chi connectivity index (χ2v) is 3.40. The van der Waals surface area contributed by atoms with Crippen molar-refractivity contribution in [3.8, 4) is 5.75 Å². The molecule has 17 heavy (non-hydrogen) atoms. The highest BCUT2D eigenvalue weighted by Gasteiger charge is 2.10. The molecule has 0 heterocycles. The van der Waals surface area contributed by atoms with Gasteiger partial charge in [-0.25, -0.2) is 4.79 Å². The highest BCUT2D eigenvalue weighted by Crippen LogP contribution is 2.16. The van der Waals surface area contributed by atoms with Crippen molar-refractivity contribution in [3.05, 3.63) is 29.8 Å². The molecular weight excluding hydrogens is 230 g/mol. The summed E-state index contributed by atoms with van der Waals surface area (Å²) in [7, 11) is 0. The van der Waals surface area contributed by atoms with Crippen LogP contribution in [0.15, 0.2) is 24.3 Å². The van der Waals surface area contributed by atoms with Gasteiger partial charge in [-0.2, -0.15) is 8.78 Å². The SMILES string of the molecule is CCCCOC(=O)c1cccc(OC(F)F)c1. The number of unbranched alkanes of at least 4 members (excludes halogenated alkanes) is 1. The third kappa shape index (κ3) is 4.80. The standard InChI is InChI=1S/C12H14F2O3/c1-2-3-7-16-11(15)9-5-4-6-10(8-9)17-12(13)14/h4-6,8,12H,2-3,7H2,1H3. The Morgan fingerprint density at radius 1 is 1.41 bits per heavy atom. The number of esters is 1. The fraction of sp³-hybridized carbons (Fsp3) is 0.417. The molecule has 0 aromatic heterocycles. The lowest BCUT2D eigenvalue weighted by atomic mass is 10.2. The van der Waals surface area contributed by atoms with Gasteiger partial charge in [-0.15, -0.1) is 0 Å². The maximum atomic E-state index is 12.0. The number of hydrogen-bond acceptors (Lipinski definition) is 3. The molecular formula is C12H14F2O3. The van der Waals surface area contributed by atoms with Crippen molar-refractivity contribution in [2.45, 2.75) is 26.4 Å². The van der Waals surface area contributed by atoms with Crippen LogP contribution in [0.25, 0.3) is 0 Å². The average Bonchev–Trinajstić information content (AvgIpc) is 2.28. The highest BCUT2D eigenvalue weighted by molar-refractivity contribution is 5.89. The first-order valence-corrected chi connectivity index (χ1v) is 5.35. The molecule has 0 fully saturated rings. The number of carbonyl (C=O) groups is 1. The van der Waals surface area contributed by atoms with Crippen LogP contribution >= 0.6 is 0 Å². The summed E-state index contributed by atoms with van der Waals surface area (Å²) < 4.78 is 33.1. The van der Waals surface area contributed by atoms with Gasteiger partial charge in [-0.05, 0) is 24.6 Å². The Bertz CT molecular complexity index is 367. The number of hydrogen-bond donors (Lipinski definition) is 0. The largest absolute Gasteiger partial charge is 0.462 e. The molecule has 3 nitrogen and oxygen atoms in total. The van der Waals surface area contributed by atoms with Crippen LogP contribution in [-0.4, -0.2) is 19.2 Å². The number of halogens is 2. The molecule has 0 atom stereocenters. The lowest BCUT2D eigenvalue weighted by Crippen LogP contribution is -2.07. The van der Waals surface area contributed by atoms with Gasteiger partial charge >= 0.3 is 12.6 Å². The zero-order chi connectivity index (χ0) is 12.7. The van der Waals surface area contributed by atoms with Crippen molar-refractivity contribution in [2.24, 2.45) is 0 Å². The molecule has 0 saturated heterocycles. The molecule has 5 heteroatoms. The number of alkyl halides is 2.